The van der Waals surface area contributed by atoms with Gasteiger partial charge in [-0.3, -0.25) is 0 Å². The maximum atomic E-state index is 6.17. The van der Waals surface area contributed by atoms with Crippen molar-refractivity contribution in [3.8, 4) is 11.5 Å². The molecule has 0 saturated heterocycles. The lowest BCUT2D eigenvalue weighted by Crippen LogP contribution is -2.37. The topological polar surface area (TPSA) is 39.7 Å². The normalized spacial score (nSPS) is 11.5. The second kappa shape index (κ2) is 7.72. The molecule has 0 aliphatic carbocycles. The lowest BCUT2D eigenvalue weighted by Gasteiger charge is -2.25. The van der Waals surface area contributed by atoms with E-state index in [1.807, 2.05) is 19.1 Å². The van der Waals surface area contributed by atoms with Crippen LogP contribution in [0.1, 0.15) is 26.3 Å². The van der Waals surface area contributed by atoms with Crippen LogP contribution in [0.15, 0.2) is 12.1 Å². The maximum Gasteiger partial charge on any atom is 0.179 e. The molecule has 0 aromatic heterocycles. The van der Waals surface area contributed by atoms with Crippen LogP contribution in [-0.4, -0.2) is 33.0 Å². The van der Waals surface area contributed by atoms with Crippen molar-refractivity contribution < 1.29 is 14.2 Å². The summed E-state index contributed by atoms with van der Waals surface area (Å²) >= 11 is 6.17. The van der Waals surface area contributed by atoms with Gasteiger partial charge in [0.2, 0.25) is 0 Å². The van der Waals surface area contributed by atoms with Crippen molar-refractivity contribution in [2.24, 2.45) is 0 Å². The van der Waals surface area contributed by atoms with Crippen LogP contribution in [0.25, 0.3) is 0 Å². The fourth-order valence-corrected chi connectivity index (χ4v) is 2.33. The third kappa shape index (κ3) is 4.85. The highest BCUT2D eigenvalue weighted by Crippen LogP contribution is 2.35. The first kappa shape index (κ1) is 17.1. The zero-order valence-corrected chi connectivity index (χ0v) is 13.6. The van der Waals surface area contributed by atoms with Gasteiger partial charge >= 0.3 is 0 Å². The smallest absolute Gasteiger partial charge is 0.179 e. The first-order chi connectivity index (χ1) is 9.43. The zero-order chi connectivity index (χ0) is 15.2. The molecule has 1 N–H and O–H groups in total. The Kier molecular flexibility index (Phi) is 6.59. The van der Waals surface area contributed by atoms with Crippen LogP contribution < -0.4 is 14.8 Å². The average Bonchev–Trinajstić information content (AvgIpc) is 2.37. The van der Waals surface area contributed by atoms with Crippen LogP contribution in [0.5, 0.6) is 11.5 Å². The van der Waals surface area contributed by atoms with Crippen LogP contribution in [0.4, 0.5) is 0 Å². The van der Waals surface area contributed by atoms with E-state index in [9.17, 15) is 0 Å². The van der Waals surface area contributed by atoms with Crippen molar-refractivity contribution in [1.82, 2.24) is 5.32 Å². The van der Waals surface area contributed by atoms with Gasteiger partial charge in [0, 0.05) is 19.7 Å². The Morgan fingerprint density at radius 2 is 1.90 bits per heavy atom. The first-order valence-corrected chi connectivity index (χ1v) is 7.06. The molecule has 4 nitrogen and oxygen atoms in total. The van der Waals surface area contributed by atoms with E-state index in [1.165, 1.54) is 0 Å². The molecule has 0 fully saturated rings. The van der Waals surface area contributed by atoms with Crippen molar-refractivity contribution in [3.05, 3.63) is 22.7 Å². The average molecular weight is 302 g/mol. The summed E-state index contributed by atoms with van der Waals surface area (Å²) in [5.74, 6) is 1.20. The lowest BCUT2D eigenvalue weighted by atomic mass is 10.1. The molecule has 20 heavy (non-hydrogen) atoms. The minimum atomic E-state index is -0.185. The molecule has 0 radical (unpaired) electrons. The fourth-order valence-electron chi connectivity index (χ4n) is 2.02. The Morgan fingerprint density at radius 1 is 1.20 bits per heavy atom. The summed E-state index contributed by atoms with van der Waals surface area (Å²) in [6.07, 6.45) is 0. The van der Waals surface area contributed by atoms with Crippen molar-refractivity contribution in [3.63, 3.8) is 0 Å². The minimum Gasteiger partial charge on any atom is -0.493 e. The molecule has 0 heterocycles. The van der Waals surface area contributed by atoms with E-state index in [-0.39, 0.29) is 5.60 Å². The van der Waals surface area contributed by atoms with Crippen LogP contribution in [-0.2, 0) is 11.3 Å². The summed E-state index contributed by atoms with van der Waals surface area (Å²) in [4.78, 5) is 0. The van der Waals surface area contributed by atoms with Crippen LogP contribution in [0.3, 0.4) is 0 Å². The molecule has 0 bridgehead atoms. The largest absolute Gasteiger partial charge is 0.493 e. The first-order valence-electron chi connectivity index (χ1n) is 6.68. The third-order valence-electron chi connectivity index (χ3n) is 2.91. The predicted molar refractivity (Wildman–Crippen MR) is 82.0 cm³/mol. The Labute approximate surface area is 126 Å². The van der Waals surface area contributed by atoms with E-state index >= 15 is 0 Å². The van der Waals surface area contributed by atoms with Gasteiger partial charge in [0.1, 0.15) is 0 Å². The molecule has 0 saturated carbocycles. The van der Waals surface area contributed by atoms with E-state index in [4.69, 9.17) is 25.8 Å². The molecule has 0 spiro atoms. The predicted octanol–water partition coefficient (Wildman–Crippen LogP) is 3.26. The molecule has 1 aromatic carbocycles. The fraction of sp³-hybridized carbons (Fsp3) is 0.600. The summed E-state index contributed by atoms with van der Waals surface area (Å²) in [6.45, 7) is 8.27. The number of hydrogen-bond acceptors (Lipinski definition) is 4. The van der Waals surface area contributed by atoms with Crippen molar-refractivity contribution in [2.75, 3.05) is 27.4 Å². The number of methoxy groups -OCH3 is 2. The molecule has 1 aromatic rings. The Balaban J connectivity index is 2.67. The van der Waals surface area contributed by atoms with Gasteiger partial charge in [0.05, 0.1) is 24.8 Å². The van der Waals surface area contributed by atoms with Gasteiger partial charge in [-0.2, -0.15) is 0 Å². The summed E-state index contributed by atoms with van der Waals surface area (Å²) in [5.41, 5.74) is 0.856. The van der Waals surface area contributed by atoms with Gasteiger partial charge in [0.15, 0.2) is 11.5 Å². The Bertz CT molecular complexity index is 435. The quantitative estimate of drug-likeness (QED) is 0.800. The molecule has 0 atom stereocenters. The molecule has 5 heteroatoms. The van der Waals surface area contributed by atoms with E-state index in [0.717, 1.165) is 12.1 Å². The highest BCUT2D eigenvalue weighted by molar-refractivity contribution is 6.32. The molecule has 0 amide bonds. The maximum absolute atomic E-state index is 6.17. The Hall–Kier alpha value is -0.970. The molecule has 0 aliphatic heterocycles. The van der Waals surface area contributed by atoms with Gasteiger partial charge in [-0.05, 0) is 38.5 Å². The summed E-state index contributed by atoms with van der Waals surface area (Å²) in [5, 5.41) is 3.91. The van der Waals surface area contributed by atoms with E-state index in [0.29, 0.717) is 29.7 Å². The molecule has 0 aliphatic rings. The monoisotopic (exact) mass is 301 g/mol. The lowest BCUT2D eigenvalue weighted by molar-refractivity contribution is -0.00897. The molecular formula is C15H24ClNO3. The number of nitrogens with one attached hydrogen (secondary N) is 1. The van der Waals surface area contributed by atoms with Gasteiger partial charge in [0.25, 0.3) is 0 Å². The number of ether oxygens (including phenoxy) is 3. The summed E-state index contributed by atoms with van der Waals surface area (Å²) < 4.78 is 16.1. The minimum absolute atomic E-state index is 0.185. The highest BCUT2D eigenvalue weighted by atomic mass is 35.5. The number of halogens is 1. The second-order valence-corrected chi connectivity index (χ2v) is 5.52. The number of hydrogen-bond donors (Lipinski definition) is 1. The van der Waals surface area contributed by atoms with Crippen LogP contribution in [0.2, 0.25) is 5.02 Å². The Morgan fingerprint density at radius 3 is 2.45 bits per heavy atom. The molecule has 114 valence electrons. The van der Waals surface area contributed by atoms with Gasteiger partial charge < -0.3 is 19.5 Å². The van der Waals surface area contributed by atoms with Crippen LogP contribution >= 0.6 is 11.6 Å². The van der Waals surface area contributed by atoms with Crippen molar-refractivity contribution >= 4 is 11.6 Å². The highest BCUT2D eigenvalue weighted by Gasteiger charge is 2.17. The van der Waals surface area contributed by atoms with E-state index in [2.05, 4.69) is 19.2 Å². The van der Waals surface area contributed by atoms with E-state index < -0.39 is 0 Å². The van der Waals surface area contributed by atoms with Crippen molar-refractivity contribution in [2.45, 2.75) is 32.9 Å². The second-order valence-electron chi connectivity index (χ2n) is 5.11. The standard InChI is InChI=1S/C15H24ClNO3/c1-6-20-15(2,3)10-17-9-11-7-12(16)14(19-5)13(8-11)18-4/h7-8,17H,6,9-10H2,1-5H3. The van der Waals surface area contributed by atoms with Crippen molar-refractivity contribution in [1.29, 1.82) is 0 Å². The number of benzene rings is 1. The molecule has 1 rings (SSSR count). The number of rotatable bonds is 8. The van der Waals surface area contributed by atoms with Gasteiger partial charge in [-0.25, -0.2) is 0 Å². The molecule has 0 unspecified atom stereocenters. The van der Waals surface area contributed by atoms with Gasteiger partial charge in [-0.1, -0.05) is 11.6 Å². The van der Waals surface area contributed by atoms with Gasteiger partial charge in [-0.15, -0.1) is 0 Å². The van der Waals surface area contributed by atoms with Crippen LogP contribution in [0, 0.1) is 0 Å². The summed E-state index contributed by atoms with van der Waals surface area (Å²) in [7, 11) is 3.18. The zero-order valence-electron chi connectivity index (χ0n) is 12.9. The SMILES string of the molecule is CCOC(C)(C)CNCc1cc(Cl)c(OC)c(OC)c1. The third-order valence-corrected chi connectivity index (χ3v) is 3.19. The summed E-state index contributed by atoms with van der Waals surface area (Å²) in [6, 6.07) is 3.80. The molecular weight excluding hydrogens is 278 g/mol. The van der Waals surface area contributed by atoms with E-state index in [1.54, 1.807) is 14.2 Å².